The fraction of sp³-hybridized carbons (Fsp3) is 0.579. The van der Waals surface area contributed by atoms with Crippen LogP contribution in [0.3, 0.4) is 0 Å². The van der Waals surface area contributed by atoms with Crippen LogP contribution >= 0.6 is 0 Å². The Morgan fingerprint density at radius 1 is 1.19 bits per heavy atom. The van der Waals surface area contributed by atoms with Crippen molar-refractivity contribution < 1.29 is 9.90 Å². The average molecular weight is 361 g/mol. The third-order valence-corrected chi connectivity index (χ3v) is 4.15. The number of benzene rings is 1. The first-order valence-electron chi connectivity index (χ1n) is 9.32. The molecule has 1 heterocycles. The minimum atomic E-state index is -0.176. The van der Waals surface area contributed by atoms with Crippen LogP contribution in [0.25, 0.3) is 0 Å². The van der Waals surface area contributed by atoms with Crippen molar-refractivity contribution >= 4 is 17.6 Å². The van der Waals surface area contributed by atoms with Gasteiger partial charge in [0.1, 0.15) is 12.3 Å². The van der Waals surface area contributed by atoms with E-state index in [-0.39, 0.29) is 18.2 Å². The van der Waals surface area contributed by atoms with Gasteiger partial charge in [0.25, 0.3) is 0 Å². The molecule has 1 aromatic rings. The van der Waals surface area contributed by atoms with E-state index in [2.05, 4.69) is 39.3 Å². The second-order valence-electron chi connectivity index (χ2n) is 6.95. The van der Waals surface area contributed by atoms with E-state index < -0.39 is 0 Å². The number of carbonyl (C=O) groups is 1. The lowest BCUT2D eigenvalue weighted by atomic mass is 10.2. The van der Waals surface area contributed by atoms with Gasteiger partial charge in [-0.2, -0.15) is 0 Å². The summed E-state index contributed by atoms with van der Waals surface area (Å²) in [5.41, 5.74) is 0.648. The summed E-state index contributed by atoms with van der Waals surface area (Å²) >= 11 is 0. The standard InChI is InChI=1S/C19H31N5O2/c1-4-20-19(24-11-9-23(10-12-24)14-15(2)3)21-13-18(26)22-16-5-7-17(25)8-6-16/h5-8,15,25H,4,9-14H2,1-3H3,(H,20,21)(H,22,26). The molecule has 0 bridgehead atoms. The maximum Gasteiger partial charge on any atom is 0.246 e. The summed E-state index contributed by atoms with van der Waals surface area (Å²) in [6.07, 6.45) is 0. The minimum Gasteiger partial charge on any atom is -0.508 e. The maximum absolute atomic E-state index is 12.1. The van der Waals surface area contributed by atoms with Crippen LogP contribution in [0.5, 0.6) is 5.75 Å². The van der Waals surface area contributed by atoms with Crippen LogP contribution in [0.1, 0.15) is 20.8 Å². The summed E-state index contributed by atoms with van der Waals surface area (Å²) in [5.74, 6) is 1.46. The number of amides is 1. The molecule has 0 spiro atoms. The number of phenols is 1. The minimum absolute atomic E-state index is 0.0649. The first-order valence-corrected chi connectivity index (χ1v) is 9.32. The predicted octanol–water partition coefficient (Wildman–Crippen LogP) is 1.57. The van der Waals surface area contributed by atoms with Gasteiger partial charge in [-0.3, -0.25) is 9.69 Å². The topological polar surface area (TPSA) is 80.2 Å². The lowest BCUT2D eigenvalue weighted by Crippen LogP contribution is -2.53. The zero-order valence-corrected chi connectivity index (χ0v) is 16.0. The van der Waals surface area contributed by atoms with Crippen molar-refractivity contribution in [3.63, 3.8) is 0 Å². The van der Waals surface area contributed by atoms with Gasteiger partial charge in [-0.25, -0.2) is 4.99 Å². The second-order valence-corrected chi connectivity index (χ2v) is 6.95. The molecule has 1 aliphatic heterocycles. The van der Waals surface area contributed by atoms with Crippen LogP contribution in [0.2, 0.25) is 0 Å². The molecule has 1 fully saturated rings. The van der Waals surface area contributed by atoms with Crippen LogP contribution in [0, 0.1) is 5.92 Å². The van der Waals surface area contributed by atoms with E-state index in [9.17, 15) is 9.90 Å². The molecule has 7 nitrogen and oxygen atoms in total. The Bertz CT molecular complexity index is 592. The molecule has 3 N–H and O–H groups in total. The lowest BCUT2D eigenvalue weighted by Gasteiger charge is -2.37. The highest BCUT2D eigenvalue weighted by Crippen LogP contribution is 2.13. The molecular formula is C19H31N5O2. The van der Waals surface area contributed by atoms with E-state index in [4.69, 9.17) is 0 Å². The smallest absolute Gasteiger partial charge is 0.246 e. The molecule has 0 unspecified atom stereocenters. The summed E-state index contributed by atoms with van der Waals surface area (Å²) in [6.45, 7) is 12.3. The SMILES string of the molecule is CCNC(=NCC(=O)Nc1ccc(O)cc1)N1CCN(CC(C)C)CC1. The molecular weight excluding hydrogens is 330 g/mol. The molecule has 1 aromatic carbocycles. The van der Waals surface area contributed by atoms with Gasteiger partial charge in [0.15, 0.2) is 5.96 Å². The number of hydrogen-bond acceptors (Lipinski definition) is 4. The average Bonchev–Trinajstić information content (AvgIpc) is 2.61. The van der Waals surface area contributed by atoms with Gasteiger partial charge < -0.3 is 20.6 Å². The van der Waals surface area contributed by atoms with Gasteiger partial charge >= 0.3 is 0 Å². The summed E-state index contributed by atoms with van der Waals surface area (Å²) in [6, 6.07) is 6.41. The summed E-state index contributed by atoms with van der Waals surface area (Å²) in [4.78, 5) is 21.3. The fourth-order valence-electron chi connectivity index (χ4n) is 2.98. The van der Waals surface area contributed by atoms with Crippen molar-refractivity contribution in [2.75, 3.05) is 51.1 Å². The van der Waals surface area contributed by atoms with Crippen molar-refractivity contribution in [3.8, 4) is 5.75 Å². The summed E-state index contributed by atoms with van der Waals surface area (Å²) in [7, 11) is 0. The van der Waals surface area contributed by atoms with Crippen molar-refractivity contribution in [1.82, 2.24) is 15.1 Å². The molecule has 1 amide bonds. The lowest BCUT2D eigenvalue weighted by molar-refractivity contribution is -0.114. The van der Waals surface area contributed by atoms with Crippen LogP contribution in [-0.2, 0) is 4.79 Å². The molecule has 7 heteroatoms. The van der Waals surface area contributed by atoms with E-state index >= 15 is 0 Å². The Morgan fingerprint density at radius 3 is 2.42 bits per heavy atom. The van der Waals surface area contributed by atoms with Gasteiger partial charge in [0, 0.05) is 45.0 Å². The monoisotopic (exact) mass is 361 g/mol. The van der Waals surface area contributed by atoms with Gasteiger partial charge in [-0.1, -0.05) is 13.8 Å². The second kappa shape index (κ2) is 10.0. The predicted molar refractivity (Wildman–Crippen MR) is 106 cm³/mol. The van der Waals surface area contributed by atoms with Crippen LogP contribution < -0.4 is 10.6 Å². The Labute approximate surface area is 156 Å². The Morgan fingerprint density at radius 2 is 1.85 bits per heavy atom. The van der Waals surface area contributed by atoms with Crippen molar-refractivity contribution in [1.29, 1.82) is 0 Å². The molecule has 0 atom stereocenters. The van der Waals surface area contributed by atoms with Crippen LogP contribution in [-0.4, -0.2) is 72.6 Å². The first-order chi connectivity index (χ1) is 12.5. The van der Waals surface area contributed by atoms with E-state index in [1.165, 1.54) is 0 Å². The van der Waals surface area contributed by atoms with E-state index in [1.807, 2.05) is 6.92 Å². The number of phenolic OH excluding ortho intramolecular Hbond substituents is 1. The molecule has 0 aromatic heterocycles. The van der Waals surface area contributed by atoms with Gasteiger partial charge in [-0.15, -0.1) is 0 Å². The van der Waals surface area contributed by atoms with Crippen molar-refractivity contribution in [2.24, 2.45) is 10.9 Å². The molecule has 0 saturated carbocycles. The number of aliphatic imine (C=N–C) groups is 1. The van der Waals surface area contributed by atoms with Gasteiger partial charge in [0.05, 0.1) is 0 Å². The highest BCUT2D eigenvalue weighted by atomic mass is 16.3. The third kappa shape index (κ3) is 6.55. The van der Waals surface area contributed by atoms with Gasteiger partial charge in [0.2, 0.25) is 5.91 Å². The molecule has 1 aliphatic rings. The quantitative estimate of drug-likeness (QED) is 0.407. The van der Waals surface area contributed by atoms with E-state index in [0.717, 1.165) is 45.2 Å². The number of hydrogen-bond donors (Lipinski definition) is 3. The number of rotatable bonds is 6. The number of nitrogens with one attached hydrogen (secondary N) is 2. The summed E-state index contributed by atoms with van der Waals surface area (Å²) in [5, 5.41) is 15.4. The number of anilines is 1. The Hall–Kier alpha value is -2.28. The number of guanidine groups is 1. The fourth-order valence-corrected chi connectivity index (χ4v) is 2.98. The highest BCUT2D eigenvalue weighted by molar-refractivity contribution is 5.94. The van der Waals surface area contributed by atoms with Crippen molar-refractivity contribution in [2.45, 2.75) is 20.8 Å². The van der Waals surface area contributed by atoms with E-state index in [0.29, 0.717) is 11.6 Å². The number of carbonyl (C=O) groups excluding carboxylic acids is 1. The molecule has 0 aliphatic carbocycles. The molecule has 144 valence electrons. The normalized spacial score (nSPS) is 16.0. The Kier molecular flexibility index (Phi) is 7.72. The number of aromatic hydroxyl groups is 1. The Balaban J connectivity index is 1.87. The third-order valence-electron chi connectivity index (χ3n) is 4.15. The van der Waals surface area contributed by atoms with Crippen LogP contribution in [0.15, 0.2) is 29.3 Å². The largest absolute Gasteiger partial charge is 0.508 e. The molecule has 26 heavy (non-hydrogen) atoms. The number of piperazine rings is 1. The summed E-state index contributed by atoms with van der Waals surface area (Å²) < 4.78 is 0. The first kappa shape index (κ1) is 20.0. The number of nitrogens with zero attached hydrogens (tertiary/aromatic N) is 3. The highest BCUT2D eigenvalue weighted by Gasteiger charge is 2.20. The van der Waals surface area contributed by atoms with Crippen molar-refractivity contribution in [3.05, 3.63) is 24.3 Å². The van der Waals surface area contributed by atoms with E-state index in [1.54, 1.807) is 24.3 Å². The van der Waals surface area contributed by atoms with Gasteiger partial charge in [-0.05, 0) is 37.1 Å². The van der Waals surface area contributed by atoms with Crippen LogP contribution in [0.4, 0.5) is 5.69 Å². The maximum atomic E-state index is 12.1. The molecule has 2 rings (SSSR count). The zero-order valence-electron chi connectivity index (χ0n) is 16.0. The molecule has 0 radical (unpaired) electrons. The molecule has 1 saturated heterocycles. The zero-order chi connectivity index (χ0) is 18.9.